The van der Waals surface area contributed by atoms with E-state index in [9.17, 15) is 14.4 Å². The van der Waals surface area contributed by atoms with E-state index in [1.54, 1.807) is 30.0 Å². The van der Waals surface area contributed by atoms with Crippen LogP contribution in [-0.2, 0) is 9.59 Å². The number of hydrogen-bond donors (Lipinski definition) is 0. The van der Waals surface area contributed by atoms with Crippen LogP contribution in [0.25, 0.3) is 0 Å². The first-order valence-corrected chi connectivity index (χ1v) is 8.46. The fraction of sp³-hybridized carbons (Fsp3) is 0.500. The molecular weight excluding hydrogens is 322 g/mol. The van der Waals surface area contributed by atoms with E-state index >= 15 is 0 Å². The number of ketones is 1. The first-order valence-electron chi connectivity index (χ1n) is 8.46. The molecule has 1 unspecified atom stereocenters. The van der Waals surface area contributed by atoms with Crippen LogP contribution in [0.3, 0.4) is 0 Å². The Labute approximate surface area is 147 Å². The van der Waals surface area contributed by atoms with Crippen molar-refractivity contribution in [3.63, 3.8) is 0 Å². The Morgan fingerprint density at radius 3 is 2.52 bits per heavy atom. The summed E-state index contributed by atoms with van der Waals surface area (Å²) in [6.45, 7) is 6.06. The fourth-order valence-corrected chi connectivity index (χ4v) is 3.08. The molecule has 0 spiro atoms. The van der Waals surface area contributed by atoms with Crippen LogP contribution in [0.4, 0.5) is 5.69 Å². The smallest absolute Gasteiger partial charge is 0.268 e. The molecule has 2 aliphatic rings. The zero-order chi connectivity index (χ0) is 18.1. The van der Waals surface area contributed by atoms with Crippen molar-refractivity contribution in [2.45, 2.75) is 20.0 Å². The highest BCUT2D eigenvalue weighted by Crippen LogP contribution is 2.35. The van der Waals surface area contributed by atoms with Crippen LogP contribution in [0.1, 0.15) is 24.2 Å². The second-order valence-corrected chi connectivity index (χ2v) is 6.61. The molecular formula is C18H23N3O4. The summed E-state index contributed by atoms with van der Waals surface area (Å²) >= 11 is 0. The maximum absolute atomic E-state index is 12.7. The Hall–Kier alpha value is -2.41. The van der Waals surface area contributed by atoms with Crippen molar-refractivity contribution in [2.24, 2.45) is 0 Å². The van der Waals surface area contributed by atoms with Gasteiger partial charge in [0, 0.05) is 31.7 Å². The number of likely N-dealkylation sites (N-methyl/N-ethyl adjacent to an activating group) is 1. The molecule has 0 aliphatic carbocycles. The van der Waals surface area contributed by atoms with E-state index in [4.69, 9.17) is 4.74 Å². The monoisotopic (exact) mass is 345 g/mol. The SMILES string of the molecule is CC(=O)c1ccc2c(c1)N(CC(=O)N1CCN(C)CC1)C(=O)C(C)O2. The van der Waals surface area contributed by atoms with Crippen LogP contribution in [-0.4, -0.2) is 73.3 Å². The first-order chi connectivity index (χ1) is 11.9. The second kappa shape index (κ2) is 6.84. The number of amides is 2. The Bertz CT molecular complexity index is 710. The number of ether oxygens (including phenoxy) is 1. The van der Waals surface area contributed by atoms with Crippen molar-refractivity contribution < 1.29 is 19.1 Å². The molecule has 0 aromatic heterocycles. The Kier molecular flexibility index (Phi) is 4.76. The summed E-state index contributed by atoms with van der Waals surface area (Å²) in [4.78, 5) is 42.3. The summed E-state index contributed by atoms with van der Waals surface area (Å²) in [7, 11) is 2.02. The molecule has 0 radical (unpaired) electrons. The lowest BCUT2D eigenvalue weighted by molar-refractivity contribution is -0.134. The van der Waals surface area contributed by atoms with Crippen LogP contribution in [0, 0.1) is 0 Å². The van der Waals surface area contributed by atoms with Gasteiger partial charge in [0.05, 0.1) is 5.69 Å². The van der Waals surface area contributed by atoms with Gasteiger partial charge in [-0.2, -0.15) is 0 Å². The third-order valence-electron chi connectivity index (χ3n) is 4.72. The highest BCUT2D eigenvalue weighted by molar-refractivity contribution is 6.05. The van der Waals surface area contributed by atoms with Crippen molar-refractivity contribution in [1.29, 1.82) is 0 Å². The molecule has 2 heterocycles. The number of Topliss-reactive ketones (excluding diaryl/α,β-unsaturated/α-hetero) is 1. The number of piperazine rings is 1. The summed E-state index contributed by atoms with van der Waals surface area (Å²) in [5.41, 5.74) is 0.972. The molecule has 1 saturated heterocycles. The first kappa shape index (κ1) is 17.4. The molecule has 2 aliphatic heterocycles. The van der Waals surface area contributed by atoms with Gasteiger partial charge in [-0.15, -0.1) is 0 Å². The van der Waals surface area contributed by atoms with Crippen molar-refractivity contribution in [2.75, 3.05) is 44.7 Å². The van der Waals surface area contributed by atoms with Gasteiger partial charge in [-0.1, -0.05) is 0 Å². The van der Waals surface area contributed by atoms with Crippen molar-refractivity contribution in [3.05, 3.63) is 23.8 Å². The number of benzene rings is 1. The molecule has 7 heteroatoms. The Morgan fingerprint density at radius 2 is 1.88 bits per heavy atom. The lowest BCUT2D eigenvalue weighted by Gasteiger charge is -2.36. The normalized spacial score (nSPS) is 20.9. The second-order valence-electron chi connectivity index (χ2n) is 6.61. The lowest BCUT2D eigenvalue weighted by atomic mass is 10.1. The van der Waals surface area contributed by atoms with Crippen molar-refractivity contribution in [3.8, 4) is 5.75 Å². The molecule has 0 bridgehead atoms. The van der Waals surface area contributed by atoms with E-state index in [-0.39, 0.29) is 24.1 Å². The number of hydrogen-bond acceptors (Lipinski definition) is 5. The Morgan fingerprint density at radius 1 is 1.20 bits per heavy atom. The molecule has 7 nitrogen and oxygen atoms in total. The molecule has 134 valence electrons. The average molecular weight is 345 g/mol. The molecule has 0 N–H and O–H groups in total. The summed E-state index contributed by atoms with van der Waals surface area (Å²) in [6, 6.07) is 4.98. The van der Waals surface area contributed by atoms with Gasteiger partial charge in [0.2, 0.25) is 5.91 Å². The van der Waals surface area contributed by atoms with Crippen molar-refractivity contribution >= 4 is 23.3 Å². The minimum Gasteiger partial charge on any atom is -0.479 e. The highest BCUT2D eigenvalue weighted by Gasteiger charge is 2.34. The molecule has 3 rings (SSSR count). The van der Waals surface area contributed by atoms with Crippen LogP contribution in [0.2, 0.25) is 0 Å². The third-order valence-corrected chi connectivity index (χ3v) is 4.72. The van der Waals surface area contributed by atoms with E-state index < -0.39 is 6.10 Å². The van der Waals surface area contributed by atoms with Crippen LogP contribution in [0.5, 0.6) is 5.75 Å². The number of carbonyl (C=O) groups excluding carboxylic acids is 3. The third kappa shape index (κ3) is 3.51. The molecule has 0 saturated carbocycles. The van der Waals surface area contributed by atoms with Gasteiger partial charge in [-0.25, -0.2) is 0 Å². The van der Waals surface area contributed by atoms with E-state index in [2.05, 4.69) is 4.90 Å². The number of rotatable bonds is 3. The molecule has 1 aromatic rings. The number of anilines is 1. The molecule has 25 heavy (non-hydrogen) atoms. The fourth-order valence-electron chi connectivity index (χ4n) is 3.08. The summed E-state index contributed by atoms with van der Waals surface area (Å²) < 4.78 is 5.62. The zero-order valence-electron chi connectivity index (χ0n) is 14.8. The zero-order valence-corrected chi connectivity index (χ0v) is 14.8. The van der Waals surface area contributed by atoms with Crippen LogP contribution >= 0.6 is 0 Å². The Balaban J connectivity index is 1.84. The molecule has 1 aromatic carbocycles. The van der Waals surface area contributed by atoms with Gasteiger partial charge in [0.15, 0.2) is 11.9 Å². The van der Waals surface area contributed by atoms with Gasteiger partial charge < -0.3 is 14.5 Å². The van der Waals surface area contributed by atoms with Crippen LogP contribution < -0.4 is 9.64 Å². The van der Waals surface area contributed by atoms with Gasteiger partial charge in [0.25, 0.3) is 5.91 Å². The number of carbonyl (C=O) groups is 3. The van der Waals surface area contributed by atoms with Gasteiger partial charge in [-0.3, -0.25) is 19.3 Å². The van der Waals surface area contributed by atoms with Crippen LogP contribution in [0.15, 0.2) is 18.2 Å². The van der Waals surface area contributed by atoms with E-state index in [1.165, 1.54) is 11.8 Å². The predicted molar refractivity (Wildman–Crippen MR) is 93.0 cm³/mol. The lowest BCUT2D eigenvalue weighted by Crippen LogP contribution is -2.53. The minimum absolute atomic E-state index is 0.0371. The van der Waals surface area contributed by atoms with Gasteiger partial charge in [0.1, 0.15) is 12.3 Å². The van der Waals surface area contributed by atoms with Crippen molar-refractivity contribution in [1.82, 2.24) is 9.80 Å². The van der Waals surface area contributed by atoms with E-state index in [0.29, 0.717) is 30.1 Å². The summed E-state index contributed by atoms with van der Waals surface area (Å²) in [6.07, 6.45) is -0.657. The van der Waals surface area contributed by atoms with Gasteiger partial charge in [-0.05, 0) is 39.1 Å². The molecule has 1 fully saturated rings. The van der Waals surface area contributed by atoms with E-state index in [0.717, 1.165) is 13.1 Å². The minimum atomic E-state index is -0.657. The summed E-state index contributed by atoms with van der Waals surface area (Å²) in [5.74, 6) is 0.0629. The quantitative estimate of drug-likeness (QED) is 0.757. The molecule has 1 atom stereocenters. The average Bonchev–Trinajstić information content (AvgIpc) is 2.59. The molecule has 2 amide bonds. The van der Waals surface area contributed by atoms with E-state index in [1.807, 2.05) is 7.05 Å². The summed E-state index contributed by atoms with van der Waals surface area (Å²) in [5, 5.41) is 0. The highest BCUT2D eigenvalue weighted by atomic mass is 16.5. The van der Waals surface area contributed by atoms with Gasteiger partial charge >= 0.3 is 0 Å². The predicted octanol–water partition coefficient (Wildman–Crippen LogP) is 0.777. The number of fused-ring (bicyclic) bond motifs is 1. The number of nitrogens with zero attached hydrogens (tertiary/aromatic N) is 3. The maximum Gasteiger partial charge on any atom is 0.268 e. The largest absolute Gasteiger partial charge is 0.479 e. The standard InChI is InChI=1S/C18H23N3O4/c1-12(22)14-4-5-16-15(10-14)21(18(24)13(2)25-16)11-17(23)20-8-6-19(3)7-9-20/h4-5,10,13H,6-9,11H2,1-3H3. The topological polar surface area (TPSA) is 70.2 Å². The maximum atomic E-state index is 12.7.